The number of benzene rings is 1. The molecule has 1 saturated carbocycles. The first-order chi connectivity index (χ1) is 19.8. The average molecular weight is 606 g/mol. The Morgan fingerprint density at radius 3 is 2.71 bits per heavy atom. The maximum Gasteiger partial charge on any atom is 0.323 e. The predicted octanol–water partition coefficient (Wildman–Crippen LogP) is 3.06. The molecule has 2 heterocycles. The fourth-order valence-corrected chi connectivity index (χ4v) is 7.67. The van der Waals surface area contributed by atoms with Crippen LogP contribution in [0, 0.1) is 23.7 Å². The molecule has 2 aliphatic carbocycles. The Morgan fingerprint density at radius 1 is 1.29 bits per heavy atom. The van der Waals surface area contributed by atoms with E-state index in [1.165, 1.54) is 19.1 Å². The first kappa shape index (κ1) is 30.7. The normalized spacial score (nSPS) is 38.2. The lowest BCUT2D eigenvalue weighted by Crippen LogP contribution is -2.66. The Morgan fingerprint density at radius 2 is 2.02 bits per heavy atom. The summed E-state index contributed by atoms with van der Waals surface area (Å²) in [5.74, 6) is -2.01. The second kappa shape index (κ2) is 11.4. The van der Waals surface area contributed by atoms with Crippen LogP contribution in [0.25, 0.3) is 0 Å². The average Bonchev–Trinajstić information content (AvgIpc) is 3.28. The molecule has 10 atom stereocenters. The molecule has 11 nitrogen and oxygen atoms in total. The summed E-state index contributed by atoms with van der Waals surface area (Å²) in [4.78, 5) is 36.9. The number of rotatable bonds is 6. The Hall–Kier alpha value is -2.70. The topological polar surface area (TPSA) is 139 Å². The number of hydroxylamine groups is 1. The van der Waals surface area contributed by atoms with Crippen LogP contribution in [0.3, 0.4) is 0 Å². The zero-order valence-electron chi connectivity index (χ0n) is 24.7. The van der Waals surface area contributed by atoms with Crippen LogP contribution in [-0.4, -0.2) is 72.6 Å². The first-order valence-electron chi connectivity index (χ1n) is 14.4. The molecule has 0 radical (unpaired) electrons. The van der Waals surface area contributed by atoms with Crippen LogP contribution in [0.1, 0.15) is 52.5 Å². The number of oxime groups is 1. The number of para-hydroxylation sites is 1. The van der Waals surface area contributed by atoms with E-state index in [9.17, 15) is 19.8 Å². The van der Waals surface area contributed by atoms with Gasteiger partial charge < -0.3 is 24.5 Å². The summed E-state index contributed by atoms with van der Waals surface area (Å²) in [7, 11) is 3.15. The molecule has 3 N–H and O–H groups in total. The molecule has 5 rings (SSSR count). The van der Waals surface area contributed by atoms with Crippen LogP contribution >= 0.6 is 11.6 Å². The molecule has 2 fully saturated rings. The van der Waals surface area contributed by atoms with Gasteiger partial charge in [-0.2, -0.15) is 0 Å². The van der Waals surface area contributed by atoms with E-state index in [-0.39, 0.29) is 24.2 Å². The van der Waals surface area contributed by atoms with Gasteiger partial charge in [0.1, 0.15) is 24.4 Å². The van der Waals surface area contributed by atoms with Gasteiger partial charge in [-0.3, -0.25) is 24.8 Å². The highest BCUT2D eigenvalue weighted by Crippen LogP contribution is 2.53. The van der Waals surface area contributed by atoms with E-state index < -0.39 is 53.5 Å². The minimum absolute atomic E-state index is 0.0297. The van der Waals surface area contributed by atoms with Crippen molar-refractivity contribution < 1.29 is 39.0 Å². The van der Waals surface area contributed by atoms with Gasteiger partial charge in [-0.05, 0) is 49.2 Å². The third kappa shape index (κ3) is 4.98. The number of nitrogens with one attached hydrogen (secondary N) is 1. The SMILES string of the molecule is CO/N=C/C(C)[C@@H]1CC[C@@H](C)[C@@]2(O)[C@@H]1C=C(C)[C@@H](OC(C)=O)[C@@H]2OC(=O)[C@@H]1C[C@@]2(O)c3cccc(Cl)c3N(C)O[C@H]2N1. The highest BCUT2D eigenvalue weighted by Gasteiger charge is 2.62. The quantitative estimate of drug-likeness (QED) is 0.192. The second-order valence-electron chi connectivity index (χ2n) is 12.1. The van der Waals surface area contributed by atoms with Gasteiger partial charge in [0.15, 0.2) is 18.4 Å². The fraction of sp³-hybridized carbons (Fsp3) is 0.633. The number of ether oxygens (including phenoxy) is 2. The minimum atomic E-state index is -1.56. The summed E-state index contributed by atoms with van der Waals surface area (Å²) in [6.45, 7) is 7.03. The zero-order chi connectivity index (χ0) is 30.6. The van der Waals surface area contributed by atoms with E-state index in [1.807, 2.05) is 26.8 Å². The molecule has 42 heavy (non-hydrogen) atoms. The molecule has 0 aromatic heterocycles. The summed E-state index contributed by atoms with van der Waals surface area (Å²) in [5, 5.41) is 33.1. The Bertz CT molecular complexity index is 1290. The number of nitrogens with zero attached hydrogens (tertiary/aromatic N) is 2. The van der Waals surface area contributed by atoms with Crippen molar-refractivity contribution in [2.24, 2.45) is 28.8 Å². The van der Waals surface area contributed by atoms with Gasteiger partial charge in [0.05, 0.1) is 10.7 Å². The standard InChI is InChI=1S/C30H40ClN3O8/c1-15-12-21-19(16(2)14-32-39-6)11-10-17(3)30(21,38)26(25(15)40-18(4)35)41-27(36)23-13-29(37)20-8-7-9-22(31)24(20)34(5)42-28(29)33-23/h7-9,12,14,16-17,19,21,23,25-26,28,33,37-38H,10-11,13H2,1-6H3/b32-14+/t16?,17-,19+,21-,23+,25-,26+,28-,29-,30-/m1/s1. The van der Waals surface area contributed by atoms with Gasteiger partial charge in [-0.25, -0.2) is 0 Å². The molecule has 12 heteroatoms. The molecule has 0 bridgehead atoms. The number of esters is 2. The molecule has 1 saturated heterocycles. The lowest BCUT2D eigenvalue weighted by atomic mass is 9.56. The van der Waals surface area contributed by atoms with Gasteiger partial charge in [0, 0.05) is 38.1 Å². The number of carbonyl (C=O) groups excluding carboxylic acids is 2. The van der Waals surface area contributed by atoms with Gasteiger partial charge in [-0.1, -0.05) is 48.8 Å². The molecule has 1 unspecified atom stereocenters. The van der Waals surface area contributed by atoms with E-state index in [1.54, 1.807) is 31.5 Å². The Labute approximate surface area is 250 Å². The van der Waals surface area contributed by atoms with Crippen molar-refractivity contribution in [3.63, 3.8) is 0 Å². The number of fused-ring (bicyclic) bond motifs is 4. The lowest BCUT2D eigenvalue weighted by Gasteiger charge is -2.55. The lowest BCUT2D eigenvalue weighted by molar-refractivity contribution is -0.224. The Balaban J connectivity index is 1.47. The summed E-state index contributed by atoms with van der Waals surface area (Å²) in [5.41, 5.74) is -1.37. The van der Waals surface area contributed by atoms with Crippen molar-refractivity contribution >= 4 is 35.4 Å². The summed E-state index contributed by atoms with van der Waals surface area (Å²) in [6.07, 6.45) is 1.99. The number of halogens is 1. The van der Waals surface area contributed by atoms with Gasteiger partial charge in [0.2, 0.25) is 0 Å². The highest BCUT2D eigenvalue weighted by atomic mass is 35.5. The predicted molar refractivity (Wildman–Crippen MR) is 154 cm³/mol. The van der Waals surface area contributed by atoms with E-state index in [2.05, 4.69) is 10.5 Å². The molecular weight excluding hydrogens is 566 g/mol. The van der Waals surface area contributed by atoms with Gasteiger partial charge >= 0.3 is 11.9 Å². The maximum atomic E-state index is 13.9. The van der Waals surface area contributed by atoms with E-state index in [0.29, 0.717) is 28.3 Å². The van der Waals surface area contributed by atoms with Crippen molar-refractivity contribution in [3.05, 3.63) is 40.4 Å². The Kier molecular flexibility index (Phi) is 8.36. The summed E-state index contributed by atoms with van der Waals surface area (Å²) in [6, 6.07) is 4.20. The monoisotopic (exact) mass is 605 g/mol. The second-order valence-corrected chi connectivity index (χ2v) is 12.5. The van der Waals surface area contributed by atoms with Crippen LogP contribution < -0.4 is 10.4 Å². The number of carbonyl (C=O) groups is 2. The number of aliphatic hydroxyl groups is 2. The molecule has 0 spiro atoms. The largest absolute Gasteiger partial charge is 0.454 e. The maximum absolute atomic E-state index is 13.9. The smallest absolute Gasteiger partial charge is 0.323 e. The third-order valence-electron chi connectivity index (χ3n) is 9.57. The van der Waals surface area contributed by atoms with Crippen molar-refractivity contribution in [1.82, 2.24) is 5.32 Å². The van der Waals surface area contributed by atoms with Crippen LogP contribution in [0.4, 0.5) is 5.69 Å². The van der Waals surface area contributed by atoms with E-state index in [0.717, 1.165) is 6.42 Å². The summed E-state index contributed by atoms with van der Waals surface area (Å²) >= 11 is 6.41. The van der Waals surface area contributed by atoms with Gasteiger partial charge in [0.25, 0.3) is 0 Å². The molecule has 1 aromatic carbocycles. The molecular formula is C30H40ClN3O8. The first-order valence-corrected chi connectivity index (χ1v) is 14.7. The van der Waals surface area contributed by atoms with Crippen molar-refractivity contribution in [3.8, 4) is 0 Å². The zero-order valence-corrected chi connectivity index (χ0v) is 25.5. The highest BCUT2D eigenvalue weighted by molar-refractivity contribution is 6.33. The number of anilines is 1. The van der Waals surface area contributed by atoms with Crippen LogP contribution in [-0.2, 0) is 34.3 Å². The van der Waals surface area contributed by atoms with Crippen molar-refractivity contribution in [2.75, 3.05) is 19.2 Å². The van der Waals surface area contributed by atoms with Crippen LogP contribution in [0.5, 0.6) is 0 Å². The molecule has 1 aromatic rings. The van der Waals surface area contributed by atoms with Crippen LogP contribution in [0.15, 0.2) is 35.0 Å². The number of hydrogen-bond acceptors (Lipinski definition) is 11. The number of hydrogen-bond donors (Lipinski definition) is 3. The van der Waals surface area contributed by atoms with Gasteiger partial charge in [-0.15, -0.1) is 0 Å². The molecule has 2 aliphatic heterocycles. The molecule has 4 aliphatic rings. The van der Waals surface area contributed by atoms with Crippen LogP contribution in [0.2, 0.25) is 5.02 Å². The van der Waals surface area contributed by atoms with E-state index in [4.69, 9.17) is 30.7 Å². The molecule has 0 amide bonds. The van der Waals surface area contributed by atoms with Crippen molar-refractivity contribution in [1.29, 1.82) is 0 Å². The third-order valence-corrected chi connectivity index (χ3v) is 9.88. The van der Waals surface area contributed by atoms with E-state index >= 15 is 0 Å². The molecule has 230 valence electrons. The summed E-state index contributed by atoms with van der Waals surface area (Å²) < 4.78 is 11.9. The van der Waals surface area contributed by atoms with Crippen molar-refractivity contribution in [2.45, 2.75) is 82.6 Å². The minimum Gasteiger partial charge on any atom is -0.454 e. The fourth-order valence-electron chi connectivity index (χ4n) is 7.38.